The molecule has 1 heterocycles. The van der Waals surface area contributed by atoms with E-state index in [0.29, 0.717) is 5.92 Å². The third-order valence-corrected chi connectivity index (χ3v) is 4.06. The molecule has 1 fully saturated rings. The van der Waals surface area contributed by atoms with Gasteiger partial charge in [0.05, 0.1) is 12.0 Å². The third-order valence-electron chi connectivity index (χ3n) is 4.06. The van der Waals surface area contributed by atoms with Gasteiger partial charge in [0.25, 0.3) is 0 Å². The zero-order valence-corrected chi connectivity index (χ0v) is 10.0. The maximum Gasteiger partial charge on any atom is 0.226 e. The molecular weight excluding hydrogens is 214 g/mol. The van der Waals surface area contributed by atoms with Crippen LogP contribution in [-0.2, 0) is 4.84 Å². The molecule has 1 aliphatic carbocycles. The number of hydrogen-bond donors (Lipinski definition) is 0. The van der Waals surface area contributed by atoms with E-state index in [1.54, 1.807) is 0 Å². The van der Waals surface area contributed by atoms with E-state index in [4.69, 9.17) is 4.84 Å². The van der Waals surface area contributed by atoms with Crippen molar-refractivity contribution >= 4 is 5.71 Å². The van der Waals surface area contributed by atoms with Crippen molar-refractivity contribution < 1.29 is 9.74 Å². The monoisotopic (exact) mass is 231 g/mol. The van der Waals surface area contributed by atoms with Crippen LogP contribution in [0.2, 0.25) is 0 Å². The van der Waals surface area contributed by atoms with Crippen molar-refractivity contribution in [2.75, 3.05) is 0 Å². The fourth-order valence-corrected chi connectivity index (χ4v) is 3.25. The Balaban J connectivity index is 2.03. The van der Waals surface area contributed by atoms with Crippen LogP contribution >= 0.6 is 0 Å². The molecular formula is C14H17NO2. The van der Waals surface area contributed by atoms with Gasteiger partial charge in [-0.2, -0.15) is 0 Å². The molecule has 2 aliphatic rings. The molecule has 0 aromatic heterocycles. The smallest absolute Gasteiger partial charge is 0.226 e. The molecule has 0 unspecified atom stereocenters. The SMILES string of the molecule is CC1=[N+]([O-])O[C@H]2CCC[C@H]2[C@@H]1c1ccccc1. The summed E-state index contributed by atoms with van der Waals surface area (Å²) in [6.45, 7) is 1.89. The first-order chi connectivity index (χ1) is 8.27. The van der Waals surface area contributed by atoms with Gasteiger partial charge in [-0.25, -0.2) is 0 Å². The number of hydrogen-bond acceptors (Lipinski definition) is 2. The molecule has 3 heteroatoms. The summed E-state index contributed by atoms with van der Waals surface area (Å²) >= 11 is 0. The normalized spacial score (nSPS) is 32.2. The van der Waals surface area contributed by atoms with Gasteiger partial charge in [-0.05, 0) is 24.3 Å². The summed E-state index contributed by atoms with van der Waals surface area (Å²) in [5.41, 5.74) is 2.03. The van der Waals surface area contributed by atoms with E-state index in [1.165, 1.54) is 12.0 Å². The largest absolute Gasteiger partial charge is 0.400 e. The van der Waals surface area contributed by atoms with Crippen LogP contribution in [0.1, 0.15) is 37.7 Å². The van der Waals surface area contributed by atoms with Crippen LogP contribution in [-0.4, -0.2) is 16.7 Å². The van der Waals surface area contributed by atoms with Crippen molar-refractivity contribution in [3.05, 3.63) is 41.1 Å². The second kappa shape index (κ2) is 4.06. The summed E-state index contributed by atoms with van der Waals surface area (Å²) in [7, 11) is 0. The molecule has 1 aliphatic heterocycles. The van der Waals surface area contributed by atoms with Crippen LogP contribution in [0.3, 0.4) is 0 Å². The quantitative estimate of drug-likeness (QED) is 0.697. The molecule has 3 rings (SSSR count). The summed E-state index contributed by atoms with van der Waals surface area (Å²) in [6, 6.07) is 10.3. The molecule has 0 bridgehead atoms. The maximum absolute atomic E-state index is 11.8. The lowest BCUT2D eigenvalue weighted by molar-refractivity contribution is -0.761. The Morgan fingerprint density at radius 2 is 2.00 bits per heavy atom. The van der Waals surface area contributed by atoms with E-state index in [9.17, 15) is 5.21 Å². The molecule has 1 aromatic carbocycles. The molecule has 0 amide bonds. The summed E-state index contributed by atoms with van der Waals surface area (Å²) < 4.78 is 0. The highest BCUT2D eigenvalue weighted by molar-refractivity contribution is 5.85. The highest BCUT2D eigenvalue weighted by atomic mass is 16.9. The van der Waals surface area contributed by atoms with E-state index in [2.05, 4.69) is 12.1 Å². The summed E-state index contributed by atoms with van der Waals surface area (Å²) in [5, 5.41) is 11.8. The van der Waals surface area contributed by atoms with E-state index in [-0.39, 0.29) is 12.0 Å². The van der Waals surface area contributed by atoms with Crippen molar-refractivity contribution in [2.24, 2.45) is 5.92 Å². The van der Waals surface area contributed by atoms with Gasteiger partial charge in [-0.3, -0.25) is 5.21 Å². The summed E-state index contributed by atoms with van der Waals surface area (Å²) in [5.74, 6) is 0.706. The highest BCUT2D eigenvalue weighted by Crippen LogP contribution is 2.42. The Morgan fingerprint density at radius 1 is 1.24 bits per heavy atom. The van der Waals surface area contributed by atoms with Crippen molar-refractivity contribution in [3.63, 3.8) is 0 Å². The summed E-state index contributed by atoms with van der Waals surface area (Å²) in [6.07, 6.45) is 3.45. The van der Waals surface area contributed by atoms with Crippen molar-refractivity contribution in [1.82, 2.24) is 0 Å². The first kappa shape index (κ1) is 10.6. The van der Waals surface area contributed by atoms with Crippen LogP contribution in [0, 0.1) is 11.1 Å². The van der Waals surface area contributed by atoms with E-state index < -0.39 is 0 Å². The van der Waals surface area contributed by atoms with Crippen molar-refractivity contribution in [2.45, 2.75) is 38.2 Å². The Bertz CT molecular complexity index is 441. The van der Waals surface area contributed by atoms with Gasteiger partial charge in [0.2, 0.25) is 5.71 Å². The zero-order chi connectivity index (χ0) is 11.8. The van der Waals surface area contributed by atoms with Crippen LogP contribution in [0.4, 0.5) is 0 Å². The van der Waals surface area contributed by atoms with Crippen LogP contribution in [0.25, 0.3) is 0 Å². The van der Waals surface area contributed by atoms with Crippen molar-refractivity contribution in [3.8, 4) is 0 Å². The second-order valence-electron chi connectivity index (χ2n) is 5.03. The number of rotatable bonds is 1. The van der Waals surface area contributed by atoms with E-state index in [0.717, 1.165) is 23.5 Å². The predicted octanol–water partition coefficient (Wildman–Crippen LogP) is 2.86. The summed E-state index contributed by atoms with van der Waals surface area (Å²) in [4.78, 5) is 6.16. The van der Waals surface area contributed by atoms with Gasteiger partial charge < -0.3 is 4.84 Å². The maximum atomic E-state index is 11.8. The van der Waals surface area contributed by atoms with Crippen LogP contribution < -0.4 is 0 Å². The van der Waals surface area contributed by atoms with Gasteiger partial charge >= 0.3 is 0 Å². The van der Waals surface area contributed by atoms with Gasteiger partial charge in [0, 0.05) is 11.8 Å². The Hall–Kier alpha value is -1.51. The minimum Gasteiger partial charge on any atom is -0.400 e. The molecule has 3 atom stereocenters. The standard InChI is InChI=1S/C14H17NO2/c1-10-14(11-6-3-2-4-7-11)12-8-5-9-13(12)17-15(10)16/h2-4,6-7,12-14H,5,8-9H2,1H3/t12-,13+,14+/m1/s1. The average molecular weight is 231 g/mol. The molecule has 0 saturated heterocycles. The van der Waals surface area contributed by atoms with Crippen molar-refractivity contribution in [1.29, 1.82) is 0 Å². The lowest BCUT2D eigenvalue weighted by Crippen LogP contribution is -2.39. The number of benzene rings is 1. The molecule has 17 heavy (non-hydrogen) atoms. The molecule has 1 saturated carbocycles. The van der Waals surface area contributed by atoms with Gasteiger partial charge in [0.1, 0.15) is 0 Å². The predicted molar refractivity (Wildman–Crippen MR) is 65.7 cm³/mol. The number of fused-ring (bicyclic) bond motifs is 1. The first-order valence-electron chi connectivity index (χ1n) is 6.30. The van der Waals surface area contributed by atoms with E-state index >= 15 is 0 Å². The lowest BCUT2D eigenvalue weighted by atomic mass is 9.80. The van der Waals surface area contributed by atoms with Gasteiger partial charge in [-0.1, -0.05) is 36.8 Å². The molecule has 3 nitrogen and oxygen atoms in total. The Labute approximate surface area is 101 Å². The lowest BCUT2D eigenvalue weighted by Gasteiger charge is -2.33. The molecule has 0 spiro atoms. The molecule has 1 aromatic rings. The third kappa shape index (κ3) is 1.70. The Kier molecular flexibility index (Phi) is 2.54. The highest BCUT2D eigenvalue weighted by Gasteiger charge is 2.43. The fourth-order valence-electron chi connectivity index (χ4n) is 3.25. The van der Waals surface area contributed by atoms with Crippen LogP contribution in [0.5, 0.6) is 0 Å². The molecule has 0 N–H and O–H groups in total. The zero-order valence-electron chi connectivity index (χ0n) is 10.0. The first-order valence-corrected chi connectivity index (χ1v) is 6.30. The minimum atomic E-state index is 0.112. The van der Waals surface area contributed by atoms with Gasteiger partial charge in [-0.15, -0.1) is 0 Å². The molecule has 0 radical (unpaired) electrons. The minimum absolute atomic E-state index is 0.112. The topological polar surface area (TPSA) is 35.3 Å². The number of nitrogens with zero attached hydrogens (tertiary/aromatic N) is 1. The van der Waals surface area contributed by atoms with Crippen LogP contribution in [0.15, 0.2) is 30.3 Å². The second-order valence-corrected chi connectivity index (χ2v) is 5.03. The fraction of sp³-hybridized carbons (Fsp3) is 0.500. The van der Waals surface area contributed by atoms with E-state index in [1.807, 2.05) is 25.1 Å². The molecule has 90 valence electrons. The van der Waals surface area contributed by atoms with Gasteiger partial charge in [0.15, 0.2) is 0 Å². The Morgan fingerprint density at radius 3 is 2.76 bits per heavy atom. The average Bonchev–Trinajstić information content (AvgIpc) is 2.79.